The first-order chi connectivity index (χ1) is 20.5. The van der Waals surface area contributed by atoms with Crippen LogP contribution in [-0.4, -0.2) is 24.7 Å². The van der Waals surface area contributed by atoms with E-state index in [4.69, 9.17) is 4.99 Å². The van der Waals surface area contributed by atoms with E-state index in [-0.39, 0.29) is 16.7 Å². The van der Waals surface area contributed by atoms with E-state index in [1.165, 1.54) is 37.7 Å². The minimum absolute atomic E-state index is 0.00187. The van der Waals surface area contributed by atoms with Crippen LogP contribution in [0.15, 0.2) is 82.5 Å². The van der Waals surface area contributed by atoms with Crippen molar-refractivity contribution in [3.8, 4) is 0 Å². The fourth-order valence-electron chi connectivity index (χ4n) is 4.45. The molecule has 0 aliphatic carbocycles. The smallest absolute Gasteiger partial charge is 0.339 e. The topological polar surface area (TPSA) is 58.5 Å². The number of halogens is 3. The number of nitrogens with zero attached hydrogens (tertiary/aromatic N) is 1. The van der Waals surface area contributed by atoms with Gasteiger partial charge in [0.15, 0.2) is 0 Å². The van der Waals surface area contributed by atoms with Crippen LogP contribution >= 0.6 is 61.6 Å². The predicted octanol–water partition coefficient (Wildman–Crippen LogP) is 11.3. The van der Waals surface area contributed by atoms with Crippen LogP contribution in [0.3, 0.4) is 0 Å². The maximum absolute atomic E-state index is 12.0. The molecule has 0 unspecified atom stereocenters. The Bertz CT molecular complexity index is 1550. The lowest BCUT2D eigenvalue weighted by Crippen LogP contribution is -2.25. The molecule has 236 valence electrons. The van der Waals surface area contributed by atoms with Gasteiger partial charge in [0.25, 0.3) is 5.91 Å². The molecule has 0 radical (unpaired) electrons. The summed E-state index contributed by atoms with van der Waals surface area (Å²) in [4.78, 5) is 19.5. The van der Waals surface area contributed by atoms with Crippen molar-refractivity contribution < 1.29 is 9.36 Å². The summed E-state index contributed by atoms with van der Waals surface area (Å²) in [5.74, 6) is 0.00187. The molecular formula is C34H40Cl3N2O2PS2. The van der Waals surface area contributed by atoms with Gasteiger partial charge in [0.2, 0.25) is 0 Å². The third-order valence-electron chi connectivity index (χ3n) is 6.88. The molecule has 1 aliphatic rings. The lowest BCUT2D eigenvalue weighted by Gasteiger charge is -2.20. The van der Waals surface area contributed by atoms with Gasteiger partial charge in [-0.05, 0) is 97.1 Å². The second-order valence-corrected chi connectivity index (χ2v) is 21.0. The van der Waals surface area contributed by atoms with Crippen molar-refractivity contribution in [3.63, 3.8) is 0 Å². The summed E-state index contributed by atoms with van der Waals surface area (Å²) in [6, 6.07) is 23.1. The standard InChI is InChI=1S/C17H21NOS.C17H19NS.Cl3OP/c1-17(2,3)14-8-6-13(7-9-14)16(19)18-11-10-15-5-4-12-20-15;1-17(2,3)13-6-4-12(5-7-13)16-14-9-11-19-15(14)8-10-18-16;1-5(2,3)4/h4-9,12H,10-11H2,1-3H3,(H,18,19);4-7,9,11H,8,10H2,1-3H3;. The highest BCUT2D eigenvalue weighted by Crippen LogP contribution is 2.61. The van der Waals surface area contributed by atoms with Gasteiger partial charge in [0.05, 0.1) is 5.71 Å². The third-order valence-corrected chi connectivity index (χ3v) is 8.80. The molecule has 0 fully saturated rings. The zero-order chi connectivity index (χ0) is 32.5. The van der Waals surface area contributed by atoms with Crippen LogP contribution in [0, 0.1) is 0 Å². The molecule has 4 nitrogen and oxygen atoms in total. The highest BCUT2D eigenvalue weighted by molar-refractivity contribution is 8.24. The fraction of sp³-hybridized carbons (Fsp3) is 0.353. The van der Waals surface area contributed by atoms with E-state index in [9.17, 15) is 9.36 Å². The third kappa shape index (κ3) is 12.1. The van der Waals surface area contributed by atoms with Crippen LogP contribution in [0.2, 0.25) is 0 Å². The van der Waals surface area contributed by atoms with Crippen LogP contribution < -0.4 is 5.32 Å². The van der Waals surface area contributed by atoms with E-state index in [1.807, 2.05) is 41.7 Å². The number of rotatable bonds is 5. The molecule has 2 aromatic carbocycles. The van der Waals surface area contributed by atoms with Crippen molar-refractivity contribution in [2.45, 2.75) is 65.2 Å². The Morgan fingerprint density at radius 1 is 0.841 bits per heavy atom. The van der Waals surface area contributed by atoms with Gasteiger partial charge in [0, 0.05) is 46.0 Å². The molecule has 44 heavy (non-hydrogen) atoms. The number of fused-ring (bicyclic) bond motifs is 1. The lowest BCUT2D eigenvalue weighted by atomic mass is 9.86. The number of nitrogens with one attached hydrogen (secondary N) is 1. The molecule has 0 saturated heterocycles. The van der Waals surface area contributed by atoms with Crippen molar-refractivity contribution in [2.75, 3.05) is 13.1 Å². The van der Waals surface area contributed by atoms with Gasteiger partial charge in [0.1, 0.15) is 0 Å². The van der Waals surface area contributed by atoms with Crippen LogP contribution in [-0.2, 0) is 28.2 Å². The average molecular weight is 710 g/mol. The van der Waals surface area contributed by atoms with Gasteiger partial charge in [-0.2, -0.15) is 0 Å². The number of aliphatic imine (C=N–C) groups is 1. The van der Waals surface area contributed by atoms with Gasteiger partial charge >= 0.3 is 5.20 Å². The predicted molar refractivity (Wildman–Crippen MR) is 194 cm³/mol. The maximum atomic E-state index is 12.0. The minimum atomic E-state index is -3.22. The van der Waals surface area contributed by atoms with E-state index in [0.717, 1.165) is 24.9 Å². The second kappa shape index (κ2) is 16.1. The van der Waals surface area contributed by atoms with Gasteiger partial charge in [-0.25, -0.2) is 0 Å². The molecule has 3 heterocycles. The average Bonchev–Trinajstić information content (AvgIpc) is 3.64. The summed E-state index contributed by atoms with van der Waals surface area (Å²) in [5, 5.41) is 3.97. The van der Waals surface area contributed by atoms with Crippen molar-refractivity contribution in [3.05, 3.63) is 115 Å². The minimum Gasteiger partial charge on any atom is -0.352 e. The number of carbonyl (C=O) groups excluding carboxylic acids is 1. The first kappa shape index (κ1) is 36.5. The lowest BCUT2D eigenvalue weighted by molar-refractivity contribution is 0.0954. The molecule has 0 bridgehead atoms. The van der Waals surface area contributed by atoms with Gasteiger partial charge in [-0.15, -0.1) is 22.7 Å². The number of amides is 1. The quantitative estimate of drug-likeness (QED) is 0.210. The Hall–Kier alpha value is -1.92. The number of hydrogen-bond donors (Lipinski definition) is 1. The van der Waals surface area contributed by atoms with Crippen molar-refractivity contribution in [1.29, 1.82) is 0 Å². The van der Waals surface area contributed by atoms with E-state index in [2.05, 4.69) is 128 Å². The van der Waals surface area contributed by atoms with E-state index in [1.54, 1.807) is 11.3 Å². The molecule has 0 spiro atoms. The van der Waals surface area contributed by atoms with E-state index >= 15 is 0 Å². The maximum Gasteiger partial charge on any atom is 0.339 e. The first-order valence-corrected chi connectivity index (χ1v) is 20.5. The Balaban J connectivity index is 0.000000209. The normalized spacial score (nSPS) is 13.0. The van der Waals surface area contributed by atoms with Crippen molar-refractivity contribution in [1.82, 2.24) is 5.32 Å². The molecule has 5 rings (SSSR count). The summed E-state index contributed by atoms with van der Waals surface area (Å²) >= 11 is 17.4. The summed E-state index contributed by atoms with van der Waals surface area (Å²) < 4.78 is 9.51. The Kier molecular flexibility index (Phi) is 13.3. The fourth-order valence-corrected chi connectivity index (χ4v) is 6.03. The number of thiophene rings is 2. The molecule has 1 amide bonds. The van der Waals surface area contributed by atoms with Crippen LogP contribution in [0.1, 0.15) is 83.9 Å². The monoisotopic (exact) mass is 708 g/mol. The van der Waals surface area contributed by atoms with Gasteiger partial charge in [-0.1, -0.05) is 84.0 Å². The highest BCUT2D eigenvalue weighted by atomic mass is 36.0. The van der Waals surface area contributed by atoms with Crippen molar-refractivity contribution in [2.24, 2.45) is 4.99 Å². The summed E-state index contributed by atoms with van der Waals surface area (Å²) in [7, 11) is 0. The van der Waals surface area contributed by atoms with Crippen LogP contribution in [0.25, 0.3) is 0 Å². The highest BCUT2D eigenvalue weighted by Gasteiger charge is 2.18. The van der Waals surface area contributed by atoms with Crippen LogP contribution in [0.4, 0.5) is 0 Å². The molecule has 0 saturated carbocycles. The largest absolute Gasteiger partial charge is 0.352 e. The Labute approximate surface area is 284 Å². The number of benzene rings is 2. The SMILES string of the molecule is CC(C)(C)c1ccc(C(=O)NCCc2cccs2)cc1.CC(C)(C)c1ccc(C2=NCCc3sccc32)cc1.O=P(Cl)(Cl)Cl. The van der Waals surface area contributed by atoms with E-state index < -0.39 is 5.20 Å². The summed E-state index contributed by atoms with van der Waals surface area (Å²) in [6.45, 7) is 14.9. The number of carbonyl (C=O) groups is 1. The van der Waals surface area contributed by atoms with Crippen molar-refractivity contribution >= 4 is 73.2 Å². The molecule has 4 aromatic rings. The van der Waals surface area contributed by atoms with E-state index in [0.29, 0.717) is 6.54 Å². The number of hydrogen-bond acceptors (Lipinski definition) is 5. The van der Waals surface area contributed by atoms with Gasteiger partial charge in [-0.3, -0.25) is 14.4 Å². The molecule has 1 N–H and O–H groups in total. The molecule has 10 heteroatoms. The van der Waals surface area contributed by atoms with Gasteiger partial charge < -0.3 is 5.32 Å². The second-order valence-electron chi connectivity index (χ2n) is 12.4. The molecule has 2 aromatic heterocycles. The molecule has 1 aliphatic heterocycles. The Morgan fingerprint density at radius 3 is 1.93 bits per heavy atom. The molecule has 0 atom stereocenters. The van der Waals surface area contributed by atoms with Crippen LogP contribution in [0.5, 0.6) is 0 Å². The summed E-state index contributed by atoms with van der Waals surface area (Å²) in [5.41, 5.74) is 7.42. The zero-order valence-corrected chi connectivity index (χ0v) is 30.8. The first-order valence-electron chi connectivity index (χ1n) is 14.3. The Morgan fingerprint density at radius 2 is 1.41 bits per heavy atom. The summed E-state index contributed by atoms with van der Waals surface area (Å²) in [6.07, 6.45) is 1.99. The molecular weight excluding hydrogens is 670 g/mol. The zero-order valence-electron chi connectivity index (χ0n) is 26.0.